The number of anilines is 1. The van der Waals surface area contributed by atoms with Crippen molar-refractivity contribution in [3.05, 3.63) is 82.4 Å². The molecule has 2 N–H and O–H groups in total. The molecule has 1 aromatic heterocycles. The summed E-state index contributed by atoms with van der Waals surface area (Å²) in [5, 5.41) is 12.3. The molecule has 11 heteroatoms. The summed E-state index contributed by atoms with van der Waals surface area (Å²) in [6.07, 6.45) is 9.39. The van der Waals surface area contributed by atoms with Crippen molar-refractivity contribution in [2.75, 3.05) is 18.0 Å². The number of fused-ring (bicyclic) bond motifs is 3. The Labute approximate surface area is 276 Å². The number of ether oxygens (including phenoxy) is 1. The van der Waals surface area contributed by atoms with Gasteiger partial charge in [-0.25, -0.2) is 23.1 Å². The van der Waals surface area contributed by atoms with Gasteiger partial charge in [-0.15, -0.1) is 0 Å². The Morgan fingerprint density at radius 1 is 1.02 bits per heavy atom. The molecule has 1 saturated carbocycles. The van der Waals surface area contributed by atoms with Crippen molar-refractivity contribution in [1.82, 2.24) is 14.7 Å². The number of carbonyl (C=O) groups excluding carboxylic acids is 1. The maximum Gasteiger partial charge on any atom is 0.264 e. The highest BCUT2D eigenvalue weighted by molar-refractivity contribution is 7.90. The number of amides is 1. The van der Waals surface area contributed by atoms with Crippen molar-refractivity contribution in [2.24, 2.45) is 17.8 Å². The van der Waals surface area contributed by atoms with Crippen LogP contribution < -0.4 is 14.4 Å². The molecule has 0 unspecified atom stereocenters. The summed E-state index contributed by atoms with van der Waals surface area (Å²) in [5.74, 6) is 0.226. The van der Waals surface area contributed by atoms with E-state index >= 15 is 0 Å². The SMILES string of the molecule is C[C@@H]1[C@@H](C)CCC[C@](O)(c2ncccn2)[C@@H]2CC[C@H]2CN2CCCCc3cc(Cl)ccc3COc3ccc(cc32)C(=O)NS1(=O)=O. The first-order chi connectivity index (χ1) is 22.0. The second-order valence-corrected chi connectivity index (χ2v) is 15.8. The molecular weight excluding hydrogens is 624 g/mol. The lowest BCUT2D eigenvalue weighted by molar-refractivity contribution is -0.101. The highest BCUT2D eigenvalue weighted by atomic mass is 35.5. The Bertz CT molecular complexity index is 1670. The van der Waals surface area contributed by atoms with Gasteiger partial charge < -0.3 is 14.7 Å². The molecule has 1 aliphatic carbocycles. The Balaban J connectivity index is 1.42. The number of aliphatic hydroxyl groups is 1. The number of carbonyl (C=O) groups is 1. The van der Waals surface area contributed by atoms with Crippen molar-refractivity contribution in [3.63, 3.8) is 0 Å². The highest BCUT2D eigenvalue weighted by Crippen LogP contribution is 2.49. The fraction of sp³-hybridized carbons (Fsp3) is 0.514. The third kappa shape index (κ3) is 6.75. The van der Waals surface area contributed by atoms with Gasteiger partial charge in [-0.3, -0.25) is 4.79 Å². The van der Waals surface area contributed by atoms with Crippen molar-refractivity contribution >= 4 is 33.2 Å². The summed E-state index contributed by atoms with van der Waals surface area (Å²) in [7, 11) is -3.97. The van der Waals surface area contributed by atoms with Gasteiger partial charge in [0.2, 0.25) is 10.0 Å². The van der Waals surface area contributed by atoms with Gasteiger partial charge in [0.15, 0.2) is 5.82 Å². The summed E-state index contributed by atoms with van der Waals surface area (Å²) in [5.41, 5.74) is 1.96. The predicted octanol–water partition coefficient (Wildman–Crippen LogP) is 6.03. The fourth-order valence-corrected chi connectivity index (χ4v) is 8.78. The van der Waals surface area contributed by atoms with Gasteiger partial charge in [0, 0.05) is 36.1 Å². The minimum Gasteiger partial charge on any atom is -0.487 e. The van der Waals surface area contributed by atoms with Crippen LogP contribution in [-0.2, 0) is 28.7 Å². The predicted molar refractivity (Wildman–Crippen MR) is 178 cm³/mol. The fourth-order valence-electron chi connectivity index (χ4n) is 7.28. The van der Waals surface area contributed by atoms with Gasteiger partial charge in [-0.1, -0.05) is 24.6 Å². The van der Waals surface area contributed by atoms with Crippen LogP contribution in [0, 0.1) is 17.8 Å². The van der Waals surface area contributed by atoms with Crippen molar-refractivity contribution < 1.29 is 23.1 Å². The molecule has 2 aromatic carbocycles. The van der Waals surface area contributed by atoms with Crippen LogP contribution in [0.1, 0.15) is 86.1 Å². The Morgan fingerprint density at radius 2 is 1.83 bits per heavy atom. The third-order valence-corrected chi connectivity index (χ3v) is 12.6. The lowest BCUT2D eigenvalue weighted by atomic mass is 9.62. The van der Waals surface area contributed by atoms with Crippen LogP contribution in [-0.4, -0.2) is 47.7 Å². The zero-order valence-corrected chi connectivity index (χ0v) is 28.1. The number of sulfonamides is 1. The standard InChI is InChI=1S/C35H43ClN4O5S/c1-23-7-5-15-35(42,34-37-16-6-17-38-34)30-13-10-27(30)21-40-18-4-3-8-25-19-29(36)12-9-28(25)22-45-32-14-11-26(20-31(32)40)33(41)39-46(43,44)24(23)2/h6,9,11-12,14,16-17,19-20,23-24,27,30,42H,3-5,7-8,10,13,15,18,21-22H2,1-2H3,(H,39,41)/t23-,24+,27-,30+,35+/m0/s1. The van der Waals surface area contributed by atoms with Crippen LogP contribution >= 0.6 is 11.6 Å². The lowest BCUT2D eigenvalue weighted by Crippen LogP contribution is -2.50. The summed E-state index contributed by atoms with van der Waals surface area (Å²) in [4.78, 5) is 24.7. The number of hydrogen-bond acceptors (Lipinski definition) is 8. The number of nitrogens with zero attached hydrogens (tertiary/aromatic N) is 3. The van der Waals surface area contributed by atoms with Crippen molar-refractivity contribution in [2.45, 2.75) is 82.7 Å². The maximum atomic E-state index is 13.5. The van der Waals surface area contributed by atoms with Crippen LogP contribution in [0.25, 0.3) is 0 Å². The zero-order chi connectivity index (χ0) is 32.5. The molecule has 3 aromatic rings. The molecular formula is C35H43ClN4O5S. The summed E-state index contributed by atoms with van der Waals surface area (Å²) in [6, 6.07) is 12.8. The van der Waals surface area contributed by atoms with Gasteiger partial charge in [0.05, 0.1) is 10.9 Å². The molecule has 1 amide bonds. The van der Waals surface area contributed by atoms with Gasteiger partial charge in [0.1, 0.15) is 18.0 Å². The van der Waals surface area contributed by atoms with E-state index in [0.29, 0.717) is 55.6 Å². The monoisotopic (exact) mass is 666 g/mol. The summed E-state index contributed by atoms with van der Waals surface area (Å²) >= 11 is 6.34. The molecule has 6 rings (SSSR count). The number of hydrogen-bond donors (Lipinski definition) is 2. The largest absolute Gasteiger partial charge is 0.487 e. The molecule has 0 radical (unpaired) electrons. The molecule has 1 fully saturated rings. The summed E-state index contributed by atoms with van der Waals surface area (Å²) in [6.45, 7) is 5.19. The molecule has 3 heterocycles. The second-order valence-electron chi connectivity index (χ2n) is 13.3. The van der Waals surface area contributed by atoms with Gasteiger partial charge in [-0.2, -0.15) is 0 Å². The number of aryl methyl sites for hydroxylation is 1. The molecule has 3 aliphatic rings. The minimum absolute atomic E-state index is 0.0697. The molecule has 0 spiro atoms. The Morgan fingerprint density at radius 3 is 2.59 bits per heavy atom. The number of halogens is 1. The molecule has 5 atom stereocenters. The minimum atomic E-state index is -3.97. The average molecular weight is 667 g/mol. The van der Waals surface area contributed by atoms with E-state index in [1.165, 1.54) is 0 Å². The van der Waals surface area contributed by atoms with E-state index in [-0.39, 0.29) is 23.3 Å². The maximum absolute atomic E-state index is 13.5. The third-order valence-electron chi connectivity index (χ3n) is 10.4. The quantitative estimate of drug-likeness (QED) is 0.323. The molecule has 46 heavy (non-hydrogen) atoms. The molecule has 2 bridgehead atoms. The lowest BCUT2D eigenvalue weighted by Gasteiger charge is -2.48. The molecule has 246 valence electrons. The molecule has 2 aliphatic heterocycles. The van der Waals surface area contributed by atoms with Crippen LogP contribution in [0.15, 0.2) is 54.9 Å². The van der Waals surface area contributed by atoms with Crippen molar-refractivity contribution in [1.29, 1.82) is 0 Å². The normalized spacial score (nSPS) is 28.7. The Hall–Kier alpha value is -3.21. The van der Waals surface area contributed by atoms with E-state index in [9.17, 15) is 18.3 Å². The van der Waals surface area contributed by atoms with Gasteiger partial charge >= 0.3 is 0 Å². The van der Waals surface area contributed by atoms with Crippen molar-refractivity contribution in [3.8, 4) is 5.75 Å². The average Bonchev–Trinajstić information content (AvgIpc) is 3.05. The van der Waals surface area contributed by atoms with E-state index in [2.05, 4.69) is 19.6 Å². The Kier molecular flexibility index (Phi) is 9.60. The second kappa shape index (κ2) is 13.5. The van der Waals surface area contributed by atoms with E-state index < -0.39 is 26.8 Å². The topological polar surface area (TPSA) is 122 Å². The van der Waals surface area contributed by atoms with Crippen LogP contribution in [0.4, 0.5) is 5.69 Å². The van der Waals surface area contributed by atoms with Crippen LogP contribution in [0.5, 0.6) is 5.75 Å². The number of rotatable bonds is 1. The molecule has 0 saturated heterocycles. The first-order valence-electron chi connectivity index (χ1n) is 16.4. The first kappa shape index (κ1) is 32.7. The zero-order valence-electron chi connectivity index (χ0n) is 26.5. The van der Waals surface area contributed by atoms with E-state index in [1.54, 1.807) is 43.6 Å². The number of aromatic nitrogens is 2. The number of nitrogens with one attached hydrogen (secondary N) is 1. The van der Waals surface area contributed by atoms with Crippen LogP contribution in [0.3, 0.4) is 0 Å². The van der Waals surface area contributed by atoms with Gasteiger partial charge in [-0.05, 0) is 124 Å². The highest BCUT2D eigenvalue weighted by Gasteiger charge is 2.49. The van der Waals surface area contributed by atoms with E-state index in [1.807, 2.05) is 25.1 Å². The van der Waals surface area contributed by atoms with E-state index in [0.717, 1.165) is 48.9 Å². The summed E-state index contributed by atoms with van der Waals surface area (Å²) < 4.78 is 35.5. The van der Waals surface area contributed by atoms with E-state index in [4.69, 9.17) is 16.3 Å². The number of benzene rings is 2. The molecule has 9 nitrogen and oxygen atoms in total. The smallest absolute Gasteiger partial charge is 0.264 e. The van der Waals surface area contributed by atoms with Crippen LogP contribution in [0.2, 0.25) is 5.02 Å². The van der Waals surface area contributed by atoms with Gasteiger partial charge in [0.25, 0.3) is 5.91 Å². The first-order valence-corrected chi connectivity index (χ1v) is 18.3.